The Morgan fingerprint density at radius 3 is 2.18 bits per heavy atom. The van der Waals surface area contributed by atoms with Crippen LogP contribution < -0.4 is 0 Å². The molecule has 0 aliphatic heterocycles. The smallest absolute Gasteiger partial charge is 0.0555 e. The molecule has 0 radical (unpaired) electrons. The van der Waals surface area contributed by atoms with E-state index in [0.29, 0.717) is 0 Å². The Kier molecular flexibility index (Phi) is 11.3. The molecule has 0 spiro atoms. The molecule has 3 heteroatoms. The number of rotatable bonds is 8. The second-order valence-corrected chi connectivity index (χ2v) is 3.28. The predicted octanol–water partition coefficient (Wildman–Crippen LogP) is 2.25. The van der Waals surface area contributed by atoms with Gasteiger partial charge in [0, 0.05) is 24.2 Å². The monoisotopic (exact) mass is 272 g/mol. The molecule has 0 bridgehead atoms. The van der Waals surface area contributed by atoms with E-state index in [1.54, 1.807) is 0 Å². The molecule has 0 aliphatic carbocycles. The third-order valence-corrected chi connectivity index (χ3v) is 1.69. The number of unbranched alkanes of at least 4 members (excludes halogenated alkanes) is 1. The molecule has 0 fully saturated rings. The first kappa shape index (κ1) is 11.6. The maximum Gasteiger partial charge on any atom is 0.0555 e. The highest BCUT2D eigenvalue weighted by Crippen LogP contribution is 1.92. The zero-order valence-corrected chi connectivity index (χ0v) is 9.30. The van der Waals surface area contributed by atoms with Gasteiger partial charge in [0.2, 0.25) is 0 Å². The van der Waals surface area contributed by atoms with Crippen LogP contribution in [0.3, 0.4) is 0 Å². The molecule has 2 nitrogen and oxygen atoms in total. The number of hydrogen-bond acceptors (Lipinski definition) is 2. The van der Waals surface area contributed by atoms with E-state index in [4.69, 9.17) is 9.47 Å². The zero-order chi connectivity index (χ0) is 8.36. The Balaban J connectivity index is 2.69. The van der Waals surface area contributed by atoms with Crippen LogP contribution in [-0.2, 0) is 9.47 Å². The maximum absolute atomic E-state index is 5.30. The molecule has 0 aromatic heterocycles. The molecule has 0 aromatic carbocycles. The van der Waals surface area contributed by atoms with Gasteiger partial charge in [-0.25, -0.2) is 0 Å². The van der Waals surface area contributed by atoms with Crippen LogP contribution in [0, 0.1) is 0 Å². The average molecular weight is 272 g/mol. The second-order valence-electron chi connectivity index (χ2n) is 2.21. The molecule has 0 unspecified atom stereocenters. The van der Waals surface area contributed by atoms with Crippen molar-refractivity contribution in [2.75, 3.05) is 30.9 Å². The van der Waals surface area contributed by atoms with Crippen LogP contribution >= 0.6 is 22.6 Å². The summed E-state index contributed by atoms with van der Waals surface area (Å²) in [7, 11) is 0. The third kappa shape index (κ3) is 10.7. The van der Waals surface area contributed by atoms with E-state index >= 15 is 0 Å². The summed E-state index contributed by atoms with van der Waals surface area (Å²) in [6.07, 6.45) is 2.24. The van der Waals surface area contributed by atoms with Crippen molar-refractivity contribution in [1.29, 1.82) is 0 Å². The van der Waals surface area contributed by atoms with Crippen molar-refractivity contribution >= 4 is 22.6 Å². The summed E-state index contributed by atoms with van der Waals surface area (Å²) in [5, 5.41) is 0. The van der Waals surface area contributed by atoms with E-state index in [1.807, 2.05) is 6.92 Å². The predicted molar refractivity (Wildman–Crippen MR) is 55.4 cm³/mol. The standard InChI is InChI=1S/C8H17IO2/c1-2-10-6-3-4-7-11-8-5-9/h2-8H2,1H3. The number of halogens is 1. The Morgan fingerprint density at radius 2 is 1.64 bits per heavy atom. The van der Waals surface area contributed by atoms with Gasteiger partial charge in [-0.05, 0) is 19.8 Å². The van der Waals surface area contributed by atoms with Crippen LogP contribution in [0.15, 0.2) is 0 Å². The topological polar surface area (TPSA) is 18.5 Å². The Morgan fingerprint density at radius 1 is 1.00 bits per heavy atom. The van der Waals surface area contributed by atoms with Crippen LogP contribution in [0.4, 0.5) is 0 Å². The van der Waals surface area contributed by atoms with Crippen LogP contribution in [0.2, 0.25) is 0 Å². The minimum atomic E-state index is 0.828. The van der Waals surface area contributed by atoms with Crippen molar-refractivity contribution < 1.29 is 9.47 Å². The van der Waals surface area contributed by atoms with Gasteiger partial charge >= 0.3 is 0 Å². The van der Waals surface area contributed by atoms with E-state index in [1.165, 1.54) is 0 Å². The summed E-state index contributed by atoms with van der Waals surface area (Å²) in [5.41, 5.74) is 0. The van der Waals surface area contributed by atoms with Crippen molar-refractivity contribution in [2.45, 2.75) is 19.8 Å². The SMILES string of the molecule is CCOCCCCOCCI. The summed E-state index contributed by atoms with van der Waals surface area (Å²) in [4.78, 5) is 0. The van der Waals surface area contributed by atoms with E-state index in [-0.39, 0.29) is 0 Å². The molecule has 0 heterocycles. The Bertz CT molecular complexity index is 61.1. The maximum atomic E-state index is 5.30. The lowest BCUT2D eigenvalue weighted by atomic mass is 10.3. The Hall–Kier alpha value is 0.650. The lowest BCUT2D eigenvalue weighted by Crippen LogP contribution is -2.00. The molecule has 0 amide bonds. The van der Waals surface area contributed by atoms with Gasteiger partial charge in [-0.3, -0.25) is 0 Å². The van der Waals surface area contributed by atoms with Gasteiger partial charge in [-0.15, -0.1) is 0 Å². The molecule has 0 aromatic rings. The quantitative estimate of drug-likeness (QED) is 0.383. The molecule has 68 valence electrons. The molecular formula is C8H17IO2. The normalized spacial score (nSPS) is 10.4. The minimum Gasteiger partial charge on any atom is -0.382 e. The number of hydrogen-bond donors (Lipinski definition) is 0. The molecule has 0 saturated carbocycles. The first-order valence-corrected chi connectivity index (χ1v) is 5.65. The van der Waals surface area contributed by atoms with Gasteiger partial charge in [0.1, 0.15) is 0 Å². The fourth-order valence-electron chi connectivity index (χ4n) is 0.709. The molecule has 0 atom stereocenters. The van der Waals surface area contributed by atoms with E-state index in [9.17, 15) is 0 Å². The summed E-state index contributed by atoms with van der Waals surface area (Å²) in [5.74, 6) is 0. The van der Waals surface area contributed by atoms with Crippen LogP contribution in [0.1, 0.15) is 19.8 Å². The third-order valence-electron chi connectivity index (χ3n) is 1.25. The number of ether oxygens (including phenoxy) is 2. The second kappa shape index (κ2) is 10.7. The average Bonchev–Trinajstić information content (AvgIpc) is 2.03. The highest BCUT2D eigenvalue weighted by Gasteiger charge is 1.88. The molecule has 11 heavy (non-hydrogen) atoms. The summed E-state index contributed by atoms with van der Waals surface area (Å²) in [6, 6.07) is 0. The lowest BCUT2D eigenvalue weighted by Gasteiger charge is -2.01. The van der Waals surface area contributed by atoms with Crippen molar-refractivity contribution in [2.24, 2.45) is 0 Å². The summed E-state index contributed by atoms with van der Waals surface area (Å²) < 4.78 is 11.6. The van der Waals surface area contributed by atoms with Gasteiger partial charge in [-0.1, -0.05) is 22.6 Å². The molecular weight excluding hydrogens is 255 g/mol. The van der Waals surface area contributed by atoms with Crippen LogP contribution in [-0.4, -0.2) is 30.9 Å². The highest BCUT2D eigenvalue weighted by atomic mass is 127. The largest absolute Gasteiger partial charge is 0.382 e. The van der Waals surface area contributed by atoms with Crippen molar-refractivity contribution in [3.05, 3.63) is 0 Å². The molecule has 0 aliphatic rings. The first-order valence-electron chi connectivity index (χ1n) is 4.13. The van der Waals surface area contributed by atoms with Crippen molar-refractivity contribution in [1.82, 2.24) is 0 Å². The fraction of sp³-hybridized carbons (Fsp3) is 1.00. The van der Waals surface area contributed by atoms with Gasteiger partial charge in [0.05, 0.1) is 6.61 Å². The summed E-state index contributed by atoms with van der Waals surface area (Å²) >= 11 is 2.31. The van der Waals surface area contributed by atoms with Crippen molar-refractivity contribution in [3.63, 3.8) is 0 Å². The van der Waals surface area contributed by atoms with E-state index in [0.717, 1.165) is 43.7 Å². The fourth-order valence-corrected chi connectivity index (χ4v) is 1.02. The molecule has 0 rings (SSSR count). The van der Waals surface area contributed by atoms with E-state index in [2.05, 4.69) is 22.6 Å². The van der Waals surface area contributed by atoms with Crippen LogP contribution in [0.25, 0.3) is 0 Å². The van der Waals surface area contributed by atoms with Gasteiger partial charge in [-0.2, -0.15) is 0 Å². The van der Waals surface area contributed by atoms with Gasteiger partial charge in [0.25, 0.3) is 0 Å². The zero-order valence-electron chi connectivity index (χ0n) is 7.14. The number of alkyl halides is 1. The summed E-state index contributed by atoms with van der Waals surface area (Å²) in [6.45, 7) is 5.50. The van der Waals surface area contributed by atoms with Gasteiger partial charge < -0.3 is 9.47 Å². The minimum absolute atomic E-state index is 0.828. The van der Waals surface area contributed by atoms with Crippen LogP contribution in [0.5, 0.6) is 0 Å². The van der Waals surface area contributed by atoms with E-state index < -0.39 is 0 Å². The highest BCUT2D eigenvalue weighted by molar-refractivity contribution is 14.1. The lowest BCUT2D eigenvalue weighted by molar-refractivity contribution is 0.116. The Labute approximate surface area is 82.8 Å². The molecule has 0 N–H and O–H groups in total. The first-order chi connectivity index (χ1) is 5.41. The van der Waals surface area contributed by atoms with Crippen molar-refractivity contribution in [3.8, 4) is 0 Å². The molecule has 0 saturated heterocycles. The van der Waals surface area contributed by atoms with Gasteiger partial charge in [0.15, 0.2) is 0 Å².